The van der Waals surface area contributed by atoms with Gasteiger partial charge in [0, 0.05) is 14.5 Å². The summed E-state index contributed by atoms with van der Waals surface area (Å²) in [6.07, 6.45) is 0. The molecule has 0 aliphatic heterocycles. The van der Waals surface area contributed by atoms with Crippen molar-refractivity contribution in [1.82, 2.24) is 0 Å². The van der Waals surface area contributed by atoms with Crippen LogP contribution in [0.4, 0.5) is 0 Å². The Morgan fingerprint density at radius 1 is 1.33 bits per heavy atom. The van der Waals surface area contributed by atoms with Gasteiger partial charge in [-0.3, -0.25) is 0 Å². The number of benzene rings is 1. The topological polar surface area (TPSA) is 32.6 Å². The van der Waals surface area contributed by atoms with E-state index in [1.54, 1.807) is 6.92 Å². The standard InChI is InChI=1S/C8H7Br2NO/c1-5(11-12)8-6(9)3-2-4-7(8)10/h2-4,12H,1H3. The lowest BCUT2D eigenvalue weighted by Crippen LogP contribution is -1.96. The maximum atomic E-state index is 8.58. The molecule has 2 nitrogen and oxygen atoms in total. The van der Waals surface area contributed by atoms with E-state index in [1.165, 1.54) is 0 Å². The van der Waals surface area contributed by atoms with Gasteiger partial charge in [-0.05, 0) is 19.1 Å². The van der Waals surface area contributed by atoms with Gasteiger partial charge in [-0.15, -0.1) is 0 Å². The smallest absolute Gasteiger partial charge is 0.0859 e. The van der Waals surface area contributed by atoms with Crippen LogP contribution in [0.1, 0.15) is 12.5 Å². The molecular weight excluding hydrogens is 286 g/mol. The van der Waals surface area contributed by atoms with E-state index in [9.17, 15) is 0 Å². The Morgan fingerprint density at radius 2 is 1.83 bits per heavy atom. The molecule has 0 heterocycles. The Balaban J connectivity index is 3.31. The van der Waals surface area contributed by atoms with Gasteiger partial charge in [0.25, 0.3) is 0 Å². The van der Waals surface area contributed by atoms with Crippen molar-refractivity contribution in [2.24, 2.45) is 5.16 Å². The second kappa shape index (κ2) is 4.05. The molecule has 0 unspecified atom stereocenters. The Morgan fingerprint density at radius 3 is 2.25 bits per heavy atom. The summed E-state index contributed by atoms with van der Waals surface area (Å²) >= 11 is 6.73. The number of nitrogens with zero attached hydrogens (tertiary/aromatic N) is 1. The van der Waals surface area contributed by atoms with Crippen LogP contribution in [0.5, 0.6) is 0 Å². The molecule has 0 aliphatic carbocycles. The second-order valence-electron chi connectivity index (χ2n) is 2.28. The van der Waals surface area contributed by atoms with Crippen LogP contribution in [0.2, 0.25) is 0 Å². The van der Waals surface area contributed by atoms with Gasteiger partial charge in [-0.25, -0.2) is 0 Å². The van der Waals surface area contributed by atoms with Gasteiger partial charge >= 0.3 is 0 Å². The van der Waals surface area contributed by atoms with Crippen molar-refractivity contribution in [3.05, 3.63) is 32.7 Å². The molecule has 1 N–H and O–H groups in total. The third kappa shape index (κ3) is 1.87. The molecule has 1 rings (SSSR count). The first kappa shape index (κ1) is 9.74. The highest BCUT2D eigenvalue weighted by atomic mass is 79.9. The monoisotopic (exact) mass is 291 g/mol. The van der Waals surface area contributed by atoms with Crippen molar-refractivity contribution >= 4 is 37.6 Å². The van der Waals surface area contributed by atoms with Gasteiger partial charge < -0.3 is 5.21 Å². The SMILES string of the molecule is CC(=NO)c1c(Br)cccc1Br. The Hall–Kier alpha value is -0.350. The molecule has 0 aliphatic rings. The van der Waals surface area contributed by atoms with Crippen LogP contribution in [0.15, 0.2) is 32.3 Å². The van der Waals surface area contributed by atoms with Crippen molar-refractivity contribution in [3.63, 3.8) is 0 Å². The average Bonchev–Trinajstić information content (AvgIpc) is 2.03. The van der Waals surface area contributed by atoms with Gasteiger partial charge in [-0.2, -0.15) is 0 Å². The molecule has 64 valence electrons. The zero-order chi connectivity index (χ0) is 9.14. The van der Waals surface area contributed by atoms with Crippen LogP contribution in [0.3, 0.4) is 0 Å². The van der Waals surface area contributed by atoms with E-state index in [4.69, 9.17) is 5.21 Å². The molecule has 0 saturated carbocycles. The van der Waals surface area contributed by atoms with Gasteiger partial charge in [0.15, 0.2) is 0 Å². The summed E-state index contributed by atoms with van der Waals surface area (Å²) in [7, 11) is 0. The van der Waals surface area contributed by atoms with Crippen LogP contribution in [-0.4, -0.2) is 10.9 Å². The lowest BCUT2D eigenvalue weighted by atomic mass is 10.1. The number of rotatable bonds is 1. The number of hydrogen-bond acceptors (Lipinski definition) is 2. The zero-order valence-electron chi connectivity index (χ0n) is 6.38. The predicted octanol–water partition coefficient (Wildman–Crippen LogP) is 3.41. The summed E-state index contributed by atoms with van der Waals surface area (Å²) in [6.45, 7) is 1.74. The Kier molecular flexibility index (Phi) is 3.29. The third-order valence-electron chi connectivity index (χ3n) is 1.47. The summed E-state index contributed by atoms with van der Waals surface area (Å²) in [6, 6.07) is 5.70. The summed E-state index contributed by atoms with van der Waals surface area (Å²) in [5, 5.41) is 11.7. The number of oxime groups is 1. The van der Waals surface area contributed by atoms with Gasteiger partial charge in [-0.1, -0.05) is 43.1 Å². The Bertz CT molecular complexity index is 303. The quantitative estimate of drug-likeness (QED) is 0.480. The molecule has 0 spiro atoms. The van der Waals surface area contributed by atoms with Crippen LogP contribution in [0, 0.1) is 0 Å². The first-order valence-electron chi connectivity index (χ1n) is 3.30. The summed E-state index contributed by atoms with van der Waals surface area (Å²) in [5.74, 6) is 0. The molecule has 0 bridgehead atoms. The molecule has 0 aromatic heterocycles. The fraction of sp³-hybridized carbons (Fsp3) is 0.125. The minimum atomic E-state index is 0.578. The zero-order valence-corrected chi connectivity index (χ0v) is 9.55. The van der Waals surface area contributed by atoms with E-state index in [1.807, 2.05) is 18.2 Å². The minimum Gasteiger partial charge on any atom is -0.411 e. The maximum absolute atomic E-state index is 8.58. The van der Waals surface area contributed by atoms with Crippen LogP contribution < -0.4 is 0 Å². The highest BCUT2D eigenvalue weighted by molar-refractivity contribution is 9.11. The molecule has 0 amide bonds. The summed E-state index contributed by atoms with van der Waals surface area (Å²) in [5.41, 5.74) is 1.45. The van der Waals surface area contributed by atoms with Crippen molar-refractivity contribution in [3.8, 4) is 0 Å². The van der Waals surface area contributed by atoms with Gasteiger partial charge in [0.1, 0.15) is 0 Å². The molecule has 12 heavy (non-hydrogen) atoms. The largest absolute Gasteiger partial charge is 0.411 e. The highest BCUT2D eigenvalue weighted by Gasteiger charge is 2.07. The normalized spacial score (nSPS) is 11.8. The van der Waals surface area contributed by atoms with E-state index in [2.05, 4.69) is 37.0 Å². The lowest BCUT2D eigenvalue weighted by Gasteiger charge is -2.04. The second-order valence-corrected chi connectivity index (χ2v) is 3.99. The molecule has 0 radical (unpaired) electrons. The summed E-state index contributed by atoms with van der Waals surface area (Å²) in [4.78, 5) is 0. The average molecular weight is 293 g/mol. The van der Waals surface area contributed by atoms with Crippen LogP contribution >= 0.6 is 31.9 Å². The molecule has 4 heteroatoms. The first-order chi connectivity index (χ1) is 5.66. The third-order valence-corrected chi connectivity index (χ3v) is 2.80. The van der Waals surface area contributed by atoms with Crippen molar-refractivity contribution in [2.75, 3.05) is 0 Å². The molecule has 0 fully saturated rings. The molecule has 0 saturated heterocycles. The minimum absolute atomic E-state index is 0.578. The Labute approximate surface area is 87.5 Å². The number of halogens is 2. The van der Waals surface area contributed by atoms with Crippen molar-refractivity contribution < 1.29 is 5.21 Å². The molecule has 1 aromatic carbocycles. The van der Waals surface area contributed by atoms with Gasteiger partial charge in [0.05, 0.1) is 5.71 Å². The number of hydrogen-bond donors (Lipinski definition) is 1. The predicted molar refractivity (Wildman–Crippen MR) is 55.8 cm³/mol. The van der Waals surface area contributed by atoms with Crippen molar-refractivity contribution in [2.45, 2.75) is 6.92 Å². The van der Waals surface area contributed by atoms with E-state index < -0.39 is 0 Å². The molecular formula is C8H7Br2NO. The maximum Gasteiger partial charge on any atom is 0.0859 e. The van der Waals surface area contributed by atoms with Gasteiger partial charge in [0.2, 0.25) is 0 Å². The first-order valence-corrected chi connectivity index (χ1v) is 4.88. The van der Waals surface area contributed by atoms with E-state index in [0.717, 1.165) is 14.5 Å². The molecule has 1 aromatic rings. The van der Waals surface area contributed by atoms with Crippen molar-refractivity contribution in [1.29, 1.82) is 0 Å². The fourth-order valence-electron chi connectivity index (χ4n) is 0.893. The van der Waals surface area contributed by atoms with Crippen LogP contribution in [0.25, 0.3) is 0 Å². The van der Waals surface area contributed by atoms with Crippen LogP contribution in [-0.2, 0) is 0 Å². The fourth-order valence-corrected chi connectivity index (χ4v) is 2.47. The van der Waals surface area contributed by atoms with E-state index in [0.29, 0.717) is 5.71 Å². The van der Waals surface area contributed by atoms with E-state index in [-0.39, 0.29) is 0 Å². The van der Waals surface area contributed by atoms with E-state index >= 15 is 0 Å². The highest BCUT2D eigenvalue weighted by Crippen LogP contribution is 2.25. The lowest BCUT2D eigenvalue weighted by molar-refractivity contribution is 0.319. The molecule has 0 atom stereocenters. The summed E-state index contributed by atoms with van der Waals surface area (Å²) < 4.78 is 1.82.